The quantitative estimate of drug-likeness (QED) is 0.781. The Labute approximate surface area is 74.5 Å². The summed E-state index contributed by atoms with van der Waals surface area (Å²) in [6, 6.07) is 0. The summed E-state index contributed by atoms with van der Waals surface area (Å²) in [4.78, 5) is 3.73. The van der Waals surface area contributed by atoms with Gasteiger partial charge in [-0.1, -0.05) is 0 Å². The molecule has 1 aromatic rings. The van der Waals surface area contributed by atoms with Crippen molar-refractivity contribution in [2.75, 3.05) is 7.11 Å². The summed E-state index contributed by atoms with van der Waals surface area (Å²) in [5, 5.41) is 0. The number of nitrogens with zero attached hydrogens (tertiary/aromatic N) is 1. The fourth-order valence-electron chi connectivity index (χ4n) is 1.07. The van der Waals surface area contributed by atoms with Gasteiger partial charge in [-0.15, -0.1) is 0 Å². The highest BCUT2D eigenvalue weighted by atomic mass is 19.3. The van der Waals surface area contributed by atoms with E-state index >= 15 is 0 Å². The van der Waals surface area contributed by atoms with Crippen LogP contribution in [0.5, 0.6) is 5.75 Å². The Bertz CT molecular complexity index is 269. The van der Waals surface area contributed by atoms with Crippen LogP contribution in [0.15, 0.2) is 12.4 Å². The summed E-state index contributed by atoms with van der Waals surface area (Å²) in [6.07, 6.45) is -0.0125. The van der Waals surface area contributed by atoms with Crippen molar-refractivity contribution >= 4 is 0 Å². The van der Waals surface area contributed by atoms with Crippen LogP contribution in [0.2, 0.25) is 0 Å². The van der Waals surface area contributed by atoms with Crippen molar-refractivity contribution in [3.05, 3.63) is 23.5 Å². The summed E-state index contributed by atoms with van der Waals surface area (Å²) in [6.45, 7) is 0.0316. The molecule has 1 aromatic heterocycles. The maximum absolute atomic E-state index is 12.5. The second-order valence-corrected chi connectivity index (χ2v) is 2.42. The van der Waals surface area contributed by atoms with Gasteiger partial charge in [-0.25, -0.2) is 8.78 Å². The minimum atomic E-state index is -2.59. The van der Waals surface area contributed by atoms with Gasteiger partial charge in [-0.2, -0.15) is 0 Å². The van der Waals surface area contributed by atoms with Crippen LogP contribution in [0.25, 0.3) is 0 Å². The molecule has 0 atom stereocenters. The number of nitrogens with two attached hydrogens (primary N) is 1. The number of halogens is 2. The van der Waals surface area contributed by atoms with E-state index in [2.05, 4.69) is 4.98 Å². The first-order chi connectivity index (χ1) is 6.20. The van der Waals surface area contributed by atoms with Crippen LogP contribution in [0.3, 0.4) is 0 Å². The Kier molecular flexibility index (Phi) is 3.13. The third-order valence-electron chi connectivity index (χ3n) is 1.69. The minimum absolute atomic E-state index is 0.0316. The molecule has 1 rings (SSSR count). The highest BCUT2D eigenvalue weighted by Gasteiger charge is 2.17. The number of alkyl halides is 2. The lowest BCUT2D eigenvalue weighted by Crippen LogP contribution is -2.05. The van der Waals surface area contributed by atoms with Crippen molar-refractivity contribution < 1.29 is 13.5 Å². The number of hydrogen-bond donors (Lipinski definition) is 1. The van der Waals surface area contributed by atoms with E-state index in [1.54, 1.807) is 0 Å². The molecule has 5 heteroatoms. The monoisotopic (exact) mass is 188 g/mol. The topological polar surface area (TPSA) is 48.1 Å². The molecule has 0 amide bonds. The summed E-state index contributed by atoms with van der Waals surface area (Å²) < 4.78 is 29.7. The second-order valence-electron chi connectivity index (χ2n) is 2.42. The average Bonchev–Trinajstić information content (AvgIpc) is 2.16. The molecule has 0 aliphatic heterocycles. The Morgan fingerprint density at radius 3 is 2.69 bits per heavy atom. The van der Waals surface area contributed by atoms with Crippen LogP contribution < -0.4 is 10.5 Å². The van der Waals surface area contributed by atoms with Crippen molar-refractivity contribution in [1.82, 2.24) is 4.98 Å². The van der Waals surface area contributed by atoms with Gasteiger partial charge in [0.2, 0.25) is 0 Å². The molecule has 0 unspecified atom stereocenters. The van der Waals surface area contributed by atoms with E-state index in [1.807, 2.05) is 0 Å². The smallest absolute Gasteiger partial charge is 0.267 e. The largest absolute Gasteiger partial charge is 0.495 e. The van der Waals surface area contributed by atoms with Gasteiger partial charge in [0.05, 0.1) is 18.9 Å². The van der Waals surface area contributed by atoms with Gasteiger partial charge in [0, 0.05) is 12.7 Å². The third-order valence-corrected chi connectivity index (χ3v) is 1.69. The van der Waals surface area contributed by atoms with Gasteiger partial charge in [-0.05, 0) is 5.56 Å². The molecular formula is C8H10F2N2O. The standard InChI is InChI=1S/C8H10F2N2O/c1-13-6-4-12-3-5(2-11)7(6)8(9)10/h3-4,8H,2,11H2,1H3. The molecule has 0 aromatic carbocycles. The van der Waals surface area contributed by atoms with E-state index in [0.717, 1.165) is 0 Å². The molecule has 0 saturated heterocycles. The van der Waals surface area contributed by atoms with E-state index in [4.69, 9.17) is 10.5 Å². The van der Waals surface area contributed by atoms with Crippen molar-refractivity contribution in [3.63, 3.8) is 0 Å². The SMILES string of the molecule is COc1cncc(CN)c1C(F)F. The Balaban J connectivity index is 3.21. The van der Waals surface area contributed by atoms with Crippen molar-refractivity contribution in [3.8, 4) is 5.75 Å². The van der Waals surface area contributed by atoms with Gasteiger partial charge in [0.25, 0.3) is 6.43 Å². The lowest BCUT2D eigenvalue weighted by molar-refractivity contribution is 0.145. The van der Waals surface area contributed by atoms with Crippen LogP contribution in [-0.2, 0) is 6.54 Å². The highest BCUT2D eigenvalue weighted by Crippen LogP contribution is 2.30. The van der Waals surface area contributed by atoms with E-state index in [1.165, 1.54) is 19.5 Å². The highest BCUT2D eigenvalue weighted by molar-refractivity contribution is 5.37. The van der Waals surface area contributed by atoms with Gasteiger partial charge in [-0.3, -0.25) is 4.98 Å². The minimum Gasteiger partial charge on any atom is -0.495 e. The van der Waals surface area contributed by atoms with Crippen LogP contribution in [0.1, 0.15) is 17.6 Å². The zero-order valence-corrected chi connectivity index (χ0v) is 7.13. The molecule has 0 spiro atoms. The predicted molar refractivity (Wildman–Crippen MR) is 43.6 cm³/mol. The lowest BCUT2D eigenvalue weighted by atomic mass is 10.1. The Morgan fingerprint density at radius 2 is 2.23 bits per heavy atom. The molecule has 1 heterocycles. The number of ether oxygens (including phenoxy) is 1. The van der Waals surface area contributed by atoms with Gasteiger partial charge in [0.1, 0.15) is 5.75 Å². The first-order valence-corrected chi connectivity index (χ1v) is 3.69. The van der Waals surface area contributed by atoms with Gasteiger partial charge >= 0.3 is 0 Å². The predicted octanol–water partition coefficient (Wildman–Crippen LogP) is 1.49. The average molecular weight is 188 g/mol. The molecule has 0 aliphatic carbocycles. The van der Waals surface area contributed by atoms with Crippen LogP contribution in [0, 0.1) is 0 Å². The molecule has 0 saturated carbocycles. The van der Waals surface area contributed by atoms with Crippen LogP contribution >= 0.6 is 0 Å². The summed E-state index contributed by atoms with van der Waals surface area (Å²) in [5.41, 5.74) is 5.43. The van der Waals surface area contributed by atoms with E-state index < -0.39 is 6.43 Å². The van der Waals surface area contributed by atoms with Gasteiger partial charge in [0.15, 0.2) is 0 Å². The Morgan fingerprint density at radius 1 is 1.54 bits per heavy atom. The summed E-state index contributed by atoms with van der Waals surface area (Å²) in [5.74, 6) is 0.0814. The molecule has 2 N–H and O–H groups in total. The maximum Gasteiger partial charge on any atom is 0.267 e. The zero-order valence-electron chi connectivity index (χ0n) is 7.13. The van der Waals surface area contributed by atoms with E-state index in [-0.39, 0.29) is 17.9 Å². The van der Waals surface area contributed by atoms with Crippen LogP contribution in [-0.4, -0.2) is 12.1 Å². The van der Waals surface area contributed by atoms with Crippen molar-refractivity contribution in [2.24, 2.45) is 5.73 Å². The first kappa shape index (κ1) is 9.85. The molecular weight excluding hydrogens is 178 g/mol. The lowest BCUT2D eigenvalue weighted by Gasteiger charge is -2.10. The molecule has 0 bridgehead atoms. The maximum atomic E-state index is 12.5. The normalized spacial score (nSPS) is 10.5. The number of aromatic nitrogens is 1. The van der Waals surface area contributed by atoms with Crippen molar-refractivity contribution in [2.45, 2.75) is 13.0 Å². The van der Waals surface area contributed by atoms with E-state index in [9.17, 15) is 8.78 Å². The number of methoxy groups -OCH3 is 1. The first-order valence-electron chi connectivity index (χ1n) is 3.69. The fourth-order valence-corrected chi connectivity index (χ4v) is 1.07. The van der Waals surface area contributed by atoms with Crippen LogP contribution in [0.4, 0.5) is 8.78 Å². The third kappa shape index (κ3) is 1.92. The number of hydrogen-bond acceptors (Lipinski definition) is 3. The molecule has 0 fully saturated rings. The number of pyridine rings is 1. The molecule has 13 heavy (non-hydrogen) atoms. The zero-order chi connectivity index (χ0) is 9.84. The molecule has 72 valence electrons. The molecule has 0 aliphatic rings. The second kappa shape index (κ2) is 4.13. The number of rotatable bonds is 3. The fraction of sp³-hybridized carbons (Fsp3) is 0.375. The summed E-state index contributed by atoms with van der Waals surface area (Å²) in [7, 11) is 1.32. The van der Waals surface area contributed by atoms with E-state index in [0.29, 0.717) is 5.56 Å². The van der Waals surface area contributed by atoms with Crippen molar-refractivity contribution in [1.29, 1.82) is 0 Å². The molecule has 0 radical (unpaired) electrons. The van der Waals surface area contributed by atoms with Gasteiger partial charge < -0.3 is 10.5 Å². The summed E-state index contributed by atoms with van der Waals surface area (Å²) >= 11 is 0. The molecule has 3 nitrogen and oxygen atoms in total. The Hall–Kier alpha value is -1.23.